The molecule has 32 heavy (non-hydrogen) atoms. The Bertz CT molecular complexity index is 1130. The fourth-order valence-electron chi connectivity index (χ4n) is 5.59. The summed E-state index contributed by atoms with van der Waals surface area (Å²) in [5, 5.41) is 6.17. The first kappa shape index (κ1) is 20.4. The number of amides is 4. The fourth-order valence-corrected chi connectivity index (χ4v) is 5.59. The van der Waals surface area contributed by atoms with Gasteiger partial charge in [-0.05, 0) is 25.0 Å². The van der Waals surface area contributed by atoms with E-state index in [1.807, 2.05) is 37.3 Å². The number of fused-ring (bicyclic) bond motifs is 4. The number of anilines is 1. The molecule has 5 atom stereocenters. The van der Waals surface area contributed by atoms with Gasteiger partial charge < -0.3 is 11.1 Å². The normalized spacial score (nSPS) is 29.2. The maximum Gasteiger partial charge on any atom is 0.250 e. The van der Waals surface area contributed by atoms with Crippen LogP contribution in [0, 0.1) is 11.8 Å². The summed E-state index contributed by atoms with van der Waals surface area (Å²) in [5.41, 5.74) is 6.11. The van der Waals surface area contributed by atoms with Crippen molar-refractivity contribution in [2.45, 2.75) is 37.4 Å². The van der Waals surface area contributed by atoms with Gasteiger partial charge in [-0.15, -0.1) is 0 Å². The lowest BCUT2D eigenvalue weighted by Crippen LogP contribution is -2.53. The van der Waals surface area contributed by atoms with Crippen LogP contribution in [0.1, 0.15) is 36.9 Å². The van der Waals surface area contributed by atoms with Crippen LogP contribution in [0.2, 0.25) is 0 Å². The molecule has 2 aromatic rings. The number of para-hydroxylation sites is 1. The summed E-state index contributed by atoms with van der Waals surface area (Å²) in [5.74, 6) is -3.21. The average Bonchev–Trinajstić information content (AvgIpc) is 3.37. The van der Waals surface area contributed by atoms with Crippen molar-refractivity contribution in [3.63, 3.8) is 0 Å². The van der Waals surface area contributed by atoms with E-state index in [-0.39, 0.29) is 30.6 Å². The smallest absolute Gasteiger partial charge is 0.250 e. The van der Waals surface area contributed by atoms with Gasteiger partial charge in [-0.25, -0.2) is 0 Å². The van der Waals surface area contributed by atoms with Gasteiger partial charge in [-0.1, -0.05) is 48.5 Å². The van der Waals surface area contributed by atoms with E-state index in [4.69, 9.17) is 5.73 Å². The number of imide groups is 1. The Kier molecular flexibility index (Phi) is 4.63. The lowest BCUT2D eigenvalue weighted by atomic mass is 9.76. The van der Waals surface area contributed by atoms with Crippen molar-refractivity contribution < 1.29 is 19.2 Å². The summed E-state index contributed by atoms with van der Waals surface area (Å²) in [6.07, 6.45) is 0.316. The van der Waals surface area contributed by atoms with Gasteiger partial charge in [0, 0.05) is 23.7 Å². The molecule has 0 aromatic heterocycles. The van der Waals surface area contributed by atoms with E-state index >= 15 is 0 Å². The van der Waals surface area contributed by atoms with Gasteiger partial charge in [0.15, 0.2) is 0 Å². The molecule has 4 amide bonds. The summed E-state index contributed by atoms with van der Waals surface area (Å²) < 4.78 is 0. The van der Waals surface area contributed by atoms with E-state index in [1.165, 1.54) is 4.90 Å². The van der Waals surface area contributed by atoms with Crippen LogP contribution in [0.4, 0.5) is 5.69 Å². The highest BCUT2D eigenvalue weighted by Gasteiger charge is 2.70. The number of carbonyl (C=O) groups is 4. The third-order valence-corrected chi connectivity index (χ3v) is 7.03. The molecule has 164 valence electrons. The van der Waals surface area contributed by atoms with Crippen molar-refractivity contribution >= 4 is 29.3 Å². The minimum atomic E-state index is -1.36. The highest BCUT2D eigenvalue weighted by atomic mass is 16.2. The Morgan fingerprint density at radius 1 is 1.06 bits per heavy atom. The minimum absolute atomic E-state index is 0.0515. The number of benzene rings is 2. The van der Waals surface area contributed by atoms with E-state index < -0.39 is 35.4 Å². The van der Waals surface area contributed by atoms with Crippen LogP contribution >= 0.6 is 0 Å². The first-order chi connectivity index (χ1) is 15.4. The van der Waals surface area contributed by atoms with E-state index in [9.17, 15) is 19.2 Å². The Morgan fingerprint density at radius 3 is 2.47 bits per heavy atom. The number of primary amides is 1. The van der Waals surface area contributed by atoms with E-state index in [1.54, 1.807) is 24.3 Å². The number of nitrogens with two attached hydrogens (primary N) is 1. The molecule has 0 saturated carbocycles. The molecule has 0 bridgehead atoms. The molecule has 8 nitrogen and oxygen atoms in total. The average molecular weight is 432 g/mol. The Labute approximate surface area is 185 Å². The zero-order valence-corrected chi connectivity index (χ0v) is 17.6. The predicted molar refractivity (Wildman–Crippen MR) is 116 cm³/mol. The molecule has 2 fully saturated rings. The van der Waals surface area contributed by atoms with Crippen molar-refractivity contribution in [3.8, 4) is 0 Å². The Balaban J connectivity index is 1.61. The Morgan fingerprint density at radius 2 is 1.75 bits per heavy atom. The summed E-state index contributed by atoms with van der Waals surface area (Å²) in [6, 6.07) is 15.5. The molecule has 0 radical (unpaired) electrons. The summed E-state index contributed by atoms with van der Waals surface area (Å²) in [7, 11) is 0. The van der Waals surface area contributed by atoms with Crippen LogP contribution in [0.15, 0.2) is 54.6 Å². The molecule has 8 heteroatoms. The summed E-state index contributed by atoms with van der Waals surface area (Å²) in [6.45, 7) is 1.81. The number of likely N-dealkylation sites (tertiary alicyclic amines) is 1. The number of nitrogens with one attached hydrogen (secondary N) is 2. The van der Waals surface area contributed by atoms with Gasteiger partial charge in [-0.3, -0.25) is 29.4 Å². The van der Waals surface area contributed by atoms with Crippen molar-refractivity contribution in [2.24, 2.45) is 17.6 Å². The van der Waals surface area contributed by atoms with Crippen LogP contribution < -0.4 is 16.4 Å². The van der Waals surface area contributed by atoms with Crippen molar-refractivity contribution in [2.75, 3.05) is 5.32 Å². The minimum Gasteiger partial charge on any atom is -0.370 e. The fraction of sp³-hybridized carbons (Fsp3) is 0.333. The van der Waals surface area contributed by atoms with Gasteiger partial charge in [0.2, 0.25) is 23.6 Å². The summed E-state index contributed by atoms with van der Waals surface area (Å²) in [4.78, 5) is 53.6. The topological polar surface area (TPSA) is 122 Å². The lowest BCUT2D eigenvalue weighted by Gasteiger charge is -2.31. The zero-order valence-electron chi connectivity index (χ0n) is 17.6. The molecular formula is C24H24N4O4. The van der Waals surface area contributed by atoms with Gasteiger partial charge in [-0.2, -0.15) is 0 Å². The van der Waals surface area contributed by atoms with E-state index in [2.05, 4.69) is 10.6 Å². The van der Waals surface area contributed by atoms with E-state index in [0.29, 0.717) is 11.3 Å². The molecular weight excluding hydrogens is 408 g/mol. The second kappa shape index (κ2) is 7.27. The molecule has 1 spiro atoms. The molecule has 5 rings (SSSR count). The van der Waals surface area contributed by atoms with E-state index in [0.717, 1.165) is 5.56 Å². The van der Waals surface area contributed by atoms with Crippen LogP contribution in [0.5, 0.6) is 0 Å². The van der Waals surface area contributed by atoms with Crippen LogP contribution in [0.3, 0.4) is 0 Å². The standard InChI is InChI=1S/C24H24N4O4/c1-13(14-7-3-2-4-8-14)28-21(30)19-17(11-12-18(25)29)27-24(20(19)22(28)31)15-9-5-6-10-16(15)26-23(24)32/h2-10,13,17,19-20,27H,11-12H2,1H3,(H2,25,29)(H,26,32)/t13-,17+,19-,20-,24+/m0/s1. The van der Waals surface area contributed by atoms with Gasteiger partial charge in [0.25, 0.3) is 0 Å². The van der Waals surface area contributed by atoms with Crippen LogP contribution in [-0.2, 0) is 24.7 Å². The molecule has 2 saturated heterocycles. The highest BCUT2D eigenvalue weighted by Crippen LogP contribution is 2.54. The zero-order chi connectivity index (χ0) is 22.6. The molecule has 3 aliphatic heterocycles. The molecule has 3 heterocycles. The predicted octanol–water partition coefficient (Wildman–Crippen LogP) is 1.43. The first-order valence-corrected chi connectivity index (χ1v) is 10.7. The van der Waals surface area contributed by atoms with Crippen molar-refractivity contribution in [3.05, 3.63) is 65.7 Å². The number of carbonyl (C=O) groups excluding carboxylic acids is 4. The number of hydrogen-bond donors (Lipinski definition) is 3. The molecule has 4 N–H and O–H groups in total. The maximum atomic E-state index is 13.8. The third kappa shape index (κ3) is 2.72. The second-order valence-electron chi connectivity index (χ2n) is 8.70. The molecule has 3 aliphatic rings. The number of hydrogen-bond acceptors (Lipinski definition) is 5. The quantitative estimate of drug-likeness (QED) is 0.617. The largest absolute Gasteiger partial charge is 0.370 e. The third-order valence-electron chi connectivity index (χ3n) is 7.03. The number of rotatable bonds is 5. The number of nitrogens with zero attached hydrogens (tertiary/aromatic N) is 1. The molecule has 2 aromatic carbocycles. The maximum absolute atomic E-state index is 13.8. The van der Waals surface area contributed by atoms with Crippen LogP contribution in [0.25, 0.3) is 0 Å². The molecule has 0 unspecified atom stereocenters. The summed E-state index contributed by atoms with van der Waals surface area (Å²) >= 11 is 0. The SMILES string of the molecule is C[C@@H](c1ccccc1)N1C(=O)[C@@H]2[C@@H](C1=O)[C@@]1(N[C@@H]2CCC(N)=O)C(=O)Nc2ccccc21. The monoisotopic (exact) mass is 432 g/mol. The second-order valence-corrected chi connectivity index (χ2v) is 8.70. The van der Waals surface area contributed by atoms with Crippen molar-refractivity contribution in [1.82, 2.24) is 10.2 Å². The Hall–Kier alpha value is -3.52. The van der Waals surface area contributed by atoms with Gasteiger partial charge in [0.05, 0.1) is 17.9 Å². The highest BCUT2D eigenvalue weighted by molar-refractivity contribution is 6.15. The lowest BCUT2D eigenvalue weighted by molar-refractivity contribution is -0.145. The first-order valence-electron chi connectivity index (χ1n) is 10.7. The van der Waals surface area contributed by atoms with Gasteiger partial charge >= 0.3 is 0 Å². The van der Waals surface area contributed by atoms with Crippen LogP contribution in [-0.4, -0.2) is 34.6 Å². The molecule has 0 aliphatic carbocycles. The van der Waals surface area contributed by atoms with Crippen molar-refractivity contribution in [1.29, 1.82) is 0 Å². The van der Waals surface area contributed by atoms with Gasteiger partial charge in [0.1, 0.15) is 5.54 Å².